The van der Waals surface area contributed by atoms with Gasteiger partial charge < -0.3 is 10.1 Å². The van der Waals surface area contributed by atoms with Gasteiger partial charge in [0.2, 0.25) is 0 Å². The molecular weight excluding hydrogens is 274 g/mol. The molecule has 4 heteroatoms. The number of halogens is 1. The van der Waals surface area contributed by atoms with E-state index in [0.29, 0.717) is 29.9 Å². The zero-order chi connectivity index (χ0) is 14.4. The van der Waals surface area contributed by atoms with Gasteiger partial charge in [0.05, 0.1) is 6.61 Å². The minimum Gasteiger partial charge on any atom is -0.494 e. The van der Waals surface area contributed by atoms with Crippen LogP contribution in [-0.4, -0.2) is 24.9 Å². The number of nitrogens with one attached hydrogen (secondary N) is 1. The number of alkyl halides is 1. The van der Waals surface area contributed by atoms with E-state index in [1.165, 1.54) is 19.3 Å². The van der Waals surface area contributed by atoms with Gasteiger partial charge in [-0.1, -0.05) is 6.42 Å². The molecule has 1 aromatic rings. The van der Waals surface area contributed by atoms with Crippen LogP contribution in [0.25, 0.3) is 0 Å². The number of hydrogen-bond acceptors (Lipinski definition) is 2. The molecule has 0 radical (unpaired) electrons. The number of benzene rings is 1. The molecule has 0 spiro atoms. The van der Waals surface area contributed by atoms with Crippen LogP contribution in [0.2, 0.25) is 0 Å². The molecular formula is C16H22ClNO2. The Bertz CT molecular complexity index is 433. The van der Waals surface area contributed by atoms with Crippen LogP contribution in [-0.2, 0) is 0 Å². The number of amides is 1. The molecule has 0 aromatic heterocycles. The van der Waals surface area contributed by atoms with Crippen molar-refractivity contribution in [1.29, 1.82) is 0 Å². The van der Waals surface area contributed by atoms with Crippen LogP contribution in [0, 0.1) is 11.8 Å². The van der Waals surface area contributed by atoms with Gasteiger partial charge in [0.15, 0.2) is 0 Å². The molecule has 1 aromatic carbocycles. The van der Waals surface area contributed by atoms with Gasteiger partial charge >= 0.3 is 0 Å². The summed E-state index contributed by atoms with van der Waals surface area (Å²) < 4.78 is 5.36. The van der Waals surface area contributed by atoms with Gasteiger partial charge in [0.25, 0.3) is 5.91 Å². The van der Waals surface area contributed by atoms with Crippen molar-refractivity contribution in [2.45, 2.75) is 26.2 Å². The quantitative estimate of drug-likeness (QED) is 0.816. The molecule has 2 rings (SSSR count). The molecule has 0 saturated heterocycles. The molecule has 1 aliphatic rings. The SMILES string of the molecule is CCOc1ccc(C(=O)NCC2CCCC2CCl)cc1. The number of hydrogen-bond donors (Lipinski definition) is 1. The summed E-state index contributed by atoms with van der Waals surface area (Å²) in [5.74, 6) is 2.55. The molecule has 2 atom stereocenters. The summed E-state index contributed by atoms with van der Waals surface area (Å²) in [4.78, 5) is 12.1. The third kappa shape index (κ3) is 3.89. The Hall–Kier alpha value is -1.22. The normalized spacial score (nSPS) is 21.7. The first-order valence-corrected chi connectivity index (χ1v) is 7.85. The Morgan fingerprint density at radius 2 is 2.00 bits per heavy atom. The molecule has 0 bridgehead atoms. The van der Waals surface area contributed by atoms with Crippen LogP contribution in [0.1, 0.15) is 36.5 Å². The van der Waals surface area contributed by atoms with Crippen molar-refractivity contribution in [2.24, 2.45) is 11.8 Å². The Labute approximate surface area is 125 Å². The van der Waals surface area contributed by atoms with Gasteiger partial charge in [-0.25, -0.2) is 0 Å². The zero-order valence-corrected chi connectivity index (χ0v) is 12.7. The summed E-state index contributed by atoms with van der Waals surface area (Å²) in [5.41, 5.74) is 0.675. The standard InChI is InChI=1S/C16H22ClNO2/c1-2-20-15-8-6-12(7-9-15)16(19)18-11-14-5-3-4-13(14)10-17/h6-9,13-14H,2-5,10-11H2,1H3,(H,18,19). The highest BCUT2D eigenvalue weighted by atomic mass is 35.5. The summed E-state index contributed by atoms with van der Waals surface area (Å²) in [6, 6.07) is 7.26. The lowest BCUT2D eigenvalue weighted by Crippen LogP contribution is -2.31. The van der Waals surface area contributed by atoms with Gasteiger partial charge in [-0.2, -0.15) is 0 Å². The average Bonchev–Trinajstić information content (AvgIpc) is 2.93. The maximum atomic E-state index is 12.1. The summed E-state index contributed by atoms with van der Waals surface area (Å²) in [6.07, 6.45) is 3.58. The first-order chi connectivity index (χ1) is 9.74. The van der Waals surface area contributed by atoms with Crippen LogP contribution < -0.4 is 10.1 Å². The third-order valence-electron chi connectivity index (χ3n) is 3.97. The predicted molar refractivity (Wildman–Crippen MR) is 81.5 cm³/mol. The predicted octanol–water partition coefficient (Wildman–Crippen LogP) is 3.47. The summed E-state index contributed by atoms with van der Waals surface area (Å²) in [7, 11) is 0. The van der Waals surface area contributed by atoms with E-state index in [9.17, 15) is 4.79 Å². The monoisotopic (exact) mass is 295 g/mol. The van der Waals surface area contributed by atoms with Crippen molar-refractivity contribution < 1.29 is 9.53 Å². The highest BCUT2D eigenvalue weighted by Gasteiger charge is 2.26. The van der Waals surface area contributed by atoms with E-state index in [1.54, 1.807) is 12.1 Å². The highest BCUT2D eigenvalue weighted by Crippen LogP contribution is 2.31. The minimum atomic E-state index is -0.0201. The van der Waals surface area contributed by atoms with E-state index in [1.807, 2.05) is 19.1 Å². The van der Waals surface area contributed by atoms with E-state index in [4.69, 9.17) is 16.3 Å². The Kier molecular flexibility index (Phi) is 5.72. The van der Waals surface area contributed by atoms with Crippen LogP contribution in [0.5, 0.6) is 5.75 Å². The summed E-state index contributed by atoms with van der Waals surface area (Å²) in [5, 5.41) is 3.02. The fourth-order valence-corrected chi connectivity index (χ4v) is 3.19. The van der Waals surface area contributed by atoms with Gasteiger partial charge in [0, 0.05) is 18.0 Å². The van der Waals surface area contributed by atoms with Crippen LogP contribution in [0.3, 0.4) is 0 Å². The first kappa shape index (κ1) is 15.2. The highest BCUT2D eigenvalue weighted by molar-refractivity contribution is 6.18. The lowest BCUT2D eigenvalue weighted by Gasteiger charge is -2.17. The molecule has 1 aliphatic carbocycles. The first-order valence-electron chi connectivity index (χ1n) is 7.31. The molecule has 1 N–H and O–H groups in total. The van der Waals surface area contributed by atoms with Crippen molar-refractivity contribution in [3.63, 3.8) is 0 Å². The largest absolute Gasteiger partial charge is 0.494 e. The summed E-state index contributed by atoms with van der Waals surface area (Å²) in [6.45, 7) is 3.30. The molecule has 2 unspecified atom stereocenters. The number of carbonyl (C=O) groups is 1. The minimum absolute atomic E-state index is 0.0201. The van der Waals surface area contributed by atoms with Crippen LogP contribution >= 0.6 is 11.6 Å². The van der Waals surface area contributed by atoms with Crippen molar-refractivity contribution in [3.8, 4) is 5.75 Å². The maximum Gasteiger partial charge on any atom is 0.251 e. The Balaban J connectivity index is 1.85. The average molecular weight is 296 g/mol. The molecule has 0 heterocycles. The number of rotatable bonds is 6. The molecule has 20 heavy (non-hydrogen) atoms. The topological polar surface area (TPSA) is 38.3 Å². The van der Waals surface area contributed by atoms with Crippen molar-refractivity contribution >= 4 is 17.5 Å². The zero-order valence-electron chi connectivity index (χ0n) is 11.9. The van der Waals surface area contributed by atoms with Crippen LogP contribution in [0.4, 0.5) is 0 Å². The fraction of sp³-hybridized carbons (Fsp3) is 0.562. The molecule has 110 valence electrons. The summed E-state index contributed by atoms with van der Waals surface area (Å²) >= 11 is 5.96. The third-order valence-corrected chi connectivity index (χ3v) is 4.36. The van der Waals surface area contributed by atoms with Gasteiger partial charge in [-0.3, -0.25) is 4.79 Å². The molecule has 1 saturated carbocycles. The number of carbonyl (C=O) groups excluding carboxylic acids is 1. The van der Waals surface area contributed by atoms with E-state index in [0.717, 1.165) is 12.3 Å². The Morgan fingerprint density at radius 3 is 2.65 bits per heavy atom. The van der Waals surface area contributed by atoms with E-state index < -0.39 is 0 Å². The van der Waals surface area contributed by atoms with Crippen LogP contribution in [0.15, 0.2) is 24.3 Å². The second-order valence-electron chi connectivity index (χ2n) is 5.27. The van der Waals surface area contributed by atoms with Gasteiger partial charge in [-0.15, -0.1) is 11.6 Å². The lowest BCUT2D eigenvalue weighted by atomic mass is 9.98. The van der Waals surface area contributed by atoms with Gasteiger partial charge in [0.1, 0.15) is 5.75 Å². The second-order valence-corrected chi connectivity index (χ2v) is 5.58. The smallest absolute Gasteiger partial charge is 0.251 e. The van der Waals surface area contributed by atoms with E-state index >= 15 is 0 Å². The molecule has 0 aliphatic heterocycles. The molecule has 1 fully saturated rings. The van der Waals surface area contributed by atoms with Crippen molar-refractivity contribution in [3.05, 3.63) is 29.8 Å². The van der Waals surface area contributed by atoms with Gasteiger partial charge in [-0.05, 0) is 55.9 Å². The Morgan fingerprint density at radius 1 is 1.30 bits per heavy atom. The van der Waals surface area contributed by atoms with E-state index in [-0.39, 0.29) is 5.91 Å². The molecule has 1 amide bonds. The molecule has 3 nitrogen and oxygen atoms in total. The lowest BCUT2D eigenvalue weighted by molar-refractivity contribution is 0.0944. The number of ether oxygens (including phenoxy) is 1. The fourth-order valence-electron chi connectivity index (χ4n) is 2.78. The van der Waals surface area contributed by atoms with Crippen molar-refractivity contribution in [2.75, 3.05) is 19.0 Å². The second kappa shape index (κ2) is 7.53. The van der Waals surface area contributed by atoms with E-state index in [2.05, 4.69) is 5.32 Å². The van der Waals surface area contributed by atoms with Crippen molar-refractivity contribution in [1.82, 2.24) is 5.32 Å². The maximum absolute atomic E-state index is 12.1.